The van der Waals surface area contributed by atoms with Crippen LogP contribution in [0.2, 0.25) is 5.02 Å². The summed E-state index contributed by atoms with van der Waals surface area (Å²) in [6.07, 6.45) is 0.490. The number of carbonyl (C=O) groups excluding carboxylic acids is 1. The van der Waals surface area contributed by atoms with Gasteiger partial charge < -0.3 is 14.8 Å². The molecule has 1 N–H and O–H groups in total. The van der Waals surface area contributed by atoms with Crippen LogP contribution < -0.4 is 11.0 Å². The third-order valence-electron chi connectivity index (χ3n) is 3.01. The van der Waals surface area contributed by atoms with Crippen LogP contribution in [0.3, 0.4) is 0 Å². The third kappa shape index (κ3) is 3.01. The number of hydrogen-bond acceptors (Lipinski definition) is 5. The van der Waals surface area contributed by atoms with E-state index in [0.29, 0.717) is 18.8 Å². The van der Waals surface area contributed by atoms with Gasteiger partial charge in [0.15, 0.2) is 5.82 Å². The zero-order valence-corrected chi connectivity index (χ0v) is 12.1. The van der Waals surface area contributed by atoms with Crippen molar-refractivity contribution in [2.45, 2.75) is 6.41 Å². The molecule has 0 saturated carbocycles. The number of anilines is 1. The second-order valence-electron chi connectivity index (χ2n) is 4.50. The highest BCUT2D eigenvalue weighted by atomic mass is 35.5. The fourth-order valence-electron chi connectivity index (χ4n) is 1.96. The quantitative estimate of drug-likeness (QED) is 0.929. The first-order valence-corrected chi connectivity index (χ1v) is 6.91. The maximum atomic E-state index is 12.1. The van der Waals surface area contributed by atoms with Gasteiger partial charge in [0.25, 0.3) is 5.91 Å². The lowest BCUT2D eigenvalue weighted by atomic mass is 10.2. The molecule has 1 saturated heterocycles. The maximum Gasteiger partial charge on any atom is 0.353 e. The molecule has 1 aliphatic heterocycles. The standard InChI is InChI=1S/C14H12ClN3O4/c15-10-8-18(14-21-6-7-22-14)13(20)17-11(10)16-12(19)9-4-2-1-3-5-9/h1-5,8,14H,6-7H2,(H,16,17,19,20). The molecule has 7 nitrogen and oxygen atoms in total. The number of ether oxygens (including phenoxy) is 2. The first-order chi connectivity index (χ1) is 10.6. The van der Waals surface area contributed by atoms with E-state index in [-0.39, 0.29) is 10.8 Å². The van der Waals surface area contributed by atoms with Gasteiger partial charge >= 0.3 is 5.69 Å². The van der Waals surface area contributed by atoms with Crippen LogP contribution in [0.4, 0.5) is 5.82 Å². The fraction of sp³-hybridized carbons (Fsp3) is 0.214. The predicted octanol–water partition coefficient (Wildman–Crippen LogP) is 1.65. The molecule has 3 rings (SSSR count). The number of benzene rings is 1. The number of nitrogens with one attached hydrogen (secondary N) is 1. The number of carbonyl (C=O) groups is 1. The van der Waals surface area contributed by atoms with Gasteiger partial charge in [0, 0.05) is 11.8 Å². The van der Waals surface area contributed by atoms with Crippen molar-refractivity contribution in [2.24, 2.45) is 0 Å². The van der Waals surface area contributed by atoms with Gasteiger partial charge in [-0.3, -0.25) is 4.79 Å². The molecule has 0 bridgehead atoms. The molecule has 0 unspecified atom stereocenters. The summed E-state index contributed by atoms with van der Waals surface area (Å²) in [5, 5.41) is 2.62. The van der Waals surface area contributed by atoms with Crippen molar-refractivity contribution >= 4 is 23.3 Å². The molecule has 1 aromatic heterocycles. The van der Waals surface area contributed by atoms with Gasteiger partial charge in [0.2, 0.25) is 6.41 Å². The summed E-state index contributed by atoms with van der Waals surface area (Å²) >= 11 is 6.06. The molecule has 1 fully saturated rings. The topological polar surface area (TPSA) is 82.5 Å². The molecule has 114 valence electrons. The predicted molar refractivity (Wildman–Crippen MR) is 78.8 cm³/mol. The lowest BCUT2D eigenvalue weighted by Crippen LogP contribution is -2.29. The number of aromatic nitrogens is 2. The summed E-state index contributed by atoms with van der Waals surface area (Å²) in [6, 6.07) is 8.55. The fourth-order valence-corrected chi connectivity index (χ4v) is 2.15. The van der Waals surface area contributed by atoms with Gasteiger partial charge in [-0.05, 0) is 12.1 Å². The van der Waals surface area contributed by atoms with Gasteiger partial charge in [0.05, 0.1) is 13.2 Å². The third-order valence-corrected chi connectivity index (χ3v) is 3.28. The van der Waals surface area contributed by atoms with Gasteiger partial charge in [-0.2, -0.15) is 4.98 Å². The zero-order chi connectivity index (χ0) is 15.5. The highest BCUT2D eigenvalue weighted by Crippen LogP contribution is 2.21. The molecule has 1 aromatic carbocycles. The zero-order valence-electron chi connectivity index (χ0n) is 11.4. The van der Waals surface area contributed by atoms with Crippen molar-refractivity contribution in [3.63, 3.8) is 0 Å². The largest absolute Gasteiger partial charge is 0.353 e. The van der Waals surface area contributed by atoms with Crippen LogP contribution in [-0.4, -0.2) is 28.7 Å². The van der Waals surface area contributed by atoms with Crippen LogP contribution in [0.5, 0.6) is 0 Å². The van der Waals surface area contributed by atoms with E-state index in [2.05, 4.69) is 10.3 Å². The van der Waals surface area contributed by atoms with Gasteiger partial charge in [-0.1, -0.05) is 29.8 Å². The molecular weight excluding hydrogens is 310 g/mol. The number of hydrogen-bond donors (Lipinski definition) is 1. The summed E-state index contributed by atoms with van der Waals surface area (Å²) in [5.41, 5.74) is -0.188. The number of rotatable bonds is 3. The highest BCUT2D eigenvalue weighted by Gasteiger charge is 2.21. The summed E-state index contributed by atoms with van der Waals surface area (Å²) < 4.78 is 11.6. The summed E-state index contributed by atoms with van der Waals surface area (Å²) in [5.74, 6) is -0.407. The lowest BCUT2D eigenvalue weighted by molar-refractivity contribution is -0.104. The molecule has 0 spiro atoms. The normalized spacial score (nSPS) is 15.0. The minimum Gasteiger partial charge on any atom is -0.332 e. The molecular formula is C14H12ClN3O4. The number of amides is 1. The smallest absolute Gasteiger partial charge is 0.332 e. The maximum absolute atomic E-state index is 12.1. The molecule has 2 aromatic rings. The number of nitrogens with zero attached hydrogens (tertiary/aromatic N) is 2. The van der Waals surface area contributed by atoms with E-state index >= 15 is 0 Å². The Bertz CT molecular complexity index is 741. The molecule has 22 heavy (non-hydrogen) atoms. The van der Waals surface area contributed by atoms with E-state index in [1.807, 2.05) is 0 Å². The molecule has 1 aliphatic rings. The van der Waals surface area contributed by atoms with E-state index < -0.39 is 18.0 Å². The van der Waals surface area contributed by atoms with Crippen LogP contribution >= 0.6 is 11.6 Å². The van der Waals surface area contributed by atoms with E-state index in [1.54, 1.807) is 30.3 Å². The summed E-state index contributed by atoms with van der Waals surface area (Å²) in [7, 11) is 0. The first kappa shape index (κ1) is 14.7. The van der Waals surface area contributed by atoms with E-state index in [9.17, 15) is 9.59 Å². The summed E-state index contributed by atoms with van der Waals surface area (Å²) in [4.78, 5) is 27.8. The SMILES string of the molecule is O=C(Nc1nc(=O)n(C2OCCO2)cc1Cl)c1ccccc1. The molecule has 0 aliphatic carbocycles. The van der Waals surface area contributed by atoms with Crippen molar-refractivity contribution in [1.29, 1.82) is 0 Å². The molecule has 0 atom stereocenters. The van der Waals surface area contributed by atoms with Gasteiger partial charge in [0.1, 0.15) is 5.02 Å². The average Bonchev–Trinajstić information content (AvgIpc) is 3.05. The van der Waals surface area contributed by atoms with Crippen LogP contribution in [-0.2, 0) is 9.47 Å². The Labute approximate surface area is 130 Å². The van der Waals surface area contributed by atoms with Crippen LogP contribution in [0, 0.1) is 0 Å². The monoisotopic (exact) mass is 321 g/mol. The van der Waals surface area contributed by atoms with E-state index in [1.165, 1.54) is 6.20 Å². The van der Waals surface area contributed by atoms with Crippen LogP contribution in [0.15, 0.2) is 41.3 Å². The van der Waals surface area contributed by atoms with Crippen LogP contribution in [0.25, 0.3) is 0 Å². The Balaban J connectivity index is 1.84. The van der Waals surface area contributed by atoms with Crippen molar-refractivity contribution in [3.8, 4) is 0 Å². The molecule has 8 heteroatoms. The van der Waals surface area contributed by atoms with Crippen molar-refractivity contribution in [1.82, 2.24) is 9.55 Å². The Kier molecular flexibility index (Phi) is 4.19. The van der Waals surface area contributed by atoms with E-state index in [0.717, 1.165) is 4.57 Å². The number of halogens is 1. The van der Waals surface area contributed by atoms with Crippen molar-refractivity contribution < 1.29 is 14.3 Å². The Morgan fingerprint density at radius 1 is 1.27 bits per heavy atom. The van der Waals surface area contributed by atoms with Crippen molar-refractivity contribution in [2.75, 3.05) is 18.5 Å². The minimum absolute atomic E-state index is 0.00485. The second kappa shape index (κ2) is 6.27. The van der Waals surface area contributed by atoms with Crippen LogP contribution in [0.1, 0.15) is 16.8 Å². The Hall–Kier alpha value is -2.22. The minimum atomic E-state index is -0.837. The Morgan fingerprint density at radius 2 is 1.95 bits per heavy atom. The van der Waals surface area contributed by atoms with Crippen molar-refractivity contribution in [3.05, 3.63) is 57.6 Å². The average molecular weight is 322 g/mol. The highest BCUT2D eigenvalue weighted by molar-refractivity contribution is 6.33. The Morgan fingerprint density at radius 3 is 2.64 bits per heavy atom. The van der Waals surface area contributed by atoms with Gasteiger partial charge in [-0.25, -0.2) is 9.36 Å². The van der Waals surface area contributed by atoms with Gasteiger partial charge in [-0.15, -0.1) is 0 Å². The van der Waals surface area contributed by atoms with E-state index in [4.69, 9.17) is 21.1 Å². The molecule has 1 amide bonds. The summed E-state index contributed by atoms with van der Waals surface area (Å²) in [6.45, 7) is 0.780. The molecule has 2 heterocycles. The second-order valence-corrected chi connectivity index (χ2v) is 4.90. The first-order valence-electron chi connectivity index (χ1n) is 6.53. The lowest BCUT2D eigenvalue weighted by Gasteiger charge is -2.13. The molecule has 0 radical (unpaired) electrons.